The van der Waals surface area contributed by atoms with E-state index in [1.165, 1.54) is 16.8 Å². The van der Waals surface area contributed by atoms with E-state index in [-0.39, 0.29) is 16.9 Å². The Hall–Kier alpha value is -3.91. The Bertz CT molecular complexity index is 1350. The lowest BCUT2D eigenvalue weighted by molar-refractivity contribution is 0.100. The van der Waals surface area contributed by atoms with E-state index in [0.717, 1.165) is 0 Å². The van der Waals surface area contributed by atoms with E-state index in [9.17, 15) is 9.59 Å². The first-order valence-corrected chi connectivity index (χ1v) is 9.83. The van der Waals surface area contributed by atoms with Crippen molar-refractivity contribution in [1.29, 1.82) is 0 Å². The maximum atomic E-state index is 13.5. The molecule has 4 aromatic rings. The van der Waals surface area contributed by atoms with Gasteiger partial charge >= 0.3 is 0 Å². The van der Waals surface area contributed by atoms with Gasteiger partial charge in [-0.05, 0) is 31.2 Å². The van der Waals surface area contributed by atoms with Gasteiger partial charge < -0.3 is 16.8 Å². The first-order chi connectivity index (χ1) is 14.9. The third kappa shape index (κ3) is 3.80. The monoisotopic (exact) mass is 434 g/mol. The van der Waals surface area contributed by atoms with Gasteiger partial charge in [0.1, 0.15) is 11.6 Å². The lowest BCUT2D eigenvalue weighted by atomic mass is 10.1. The predicted octanol–water partition coefficient (Wildman–Crippen LogP) is 3.29. The molecule has 0 saturated heterocycles. The number of nitrogens with one attached hydrogen (secondary N) is 1. The van der Waals surface area contributed by atoms with Crippen molar-refractivity contribution < 1.29 is 4.79 Å². The summed E-state index contributed by atoms with van der Waals surface area (Å²) in [4.78, 5) is 33.9. The van der Waals surface area contributed by atoms with Crippen LogP contribution in [0, 0.1) is 0 Å². The summed E-state index contributed by atoms with van der Waals surface area (Å²) >= 11 is 6.32. The second kappa shape index (κ2) is 8.08. The molecule has 2 aromatic carbocycles. The first-order valence-electron chi connectivity index (χ1n) is 9.45. The van der Waals surface area contributed by atoms with Crippen molar-refractivity contribution in [3.63, 3.8) is 0 Å². The number of para-hydroxylation sites is 1. The molecule has 1 amide bonds. The van der Waals surface area contributed by atoms with Crippen molar-refractivity contribution in [1.82, 2.24) is 14.5 Å². The highest BCUT2D eigenvalue weighted by Crippen LogP contribution is 2.26. The third-order valence-corrected chi connectivity index (χ3v) is 5.15. The maximum absolute atomic E-state index is 13.5. The van der Waals surface area contributed by atoms with Crippen LogP contribution in [0.4, 0.5) is 11.5 Å². The van der Waals surface area contributed by atoms with Gasteiger partial charge in [-0.25, -0.2) is 9.97 Å². The molecule has 156 valence electrons. The molecular formula is C22H19ClN6O2. The number of primary amides is 1. The molecule has 0 bridgehead atoms. The molecule has 8 nitrogen and oxygen atoms in total. The van der Waals surface area contributed by atoms with Gasteiger partial charge in [0.25, 0.3) is 11.5 Å². The molecule has 9 heteroatoms. The third-order valence-electron chi connectivity index (χ3n) is 4.84. The number of nitrogens with two attached hydrogens (primary N) is 2. The Morgan fingerprint density at radius 1 is 1.16 bits per heavy atom. The highest BCUT2D eigenvalue weighted by Gasteiger charge is 2.21. The van der Waals surface area contributed by atoms with E-state index in [1.54, 1.807) is 30.3 Å². The zero-order valence-electron chi connectivity index (χ0n) is 16.5. The maximum Gasteiger partial charge on any atom is 0.267 e. The number of benzene rings is 2. The molecule has 31 heavy (non-hydrogen) atoms. The number of nitrogen functional groups attached to an aromatic ring is 1. The summed E-state index contributed by atoms with van der Waals surface area (Å²) in [5, 5.41) is 3.84. The molecule has 0 aliphatic heterocycles. The number of hydrogen-bond donors (Lipinski definition) is 3. The fourth-order valence-electron chi connectivity index (χ4n) is 3.41. The van der Waals surface area contributed by atoms with E-state index in [4.69, 9.17) is 28.1 Å². The number of hydrogen-bond acceptors (Lipinski definition) is 6. The number of aromatic nitrogens is 3. The van der Waals surface area contributed by atoms with Crippen LogP contribution in [0.25, 0.3) is 16.6 Å². The van der Waals surface area contributed by atoms with Crippen LogP contribution in [-0.2, 0) is 0 Å². The van der Waals surface area contributed by atoms with Gasteiger partial charge in [-0.3, -0.25) is 14.2 Å². The number of amides is 1. The fourth-order valence-corrected chi connectivity index (χ4v) is 3.66. The fraction of sp³-hybridized carbons (Fsp3) is 0.0909. The SMILES string of the molecule is C[C@@H](Nc1cc(N)ncc1C(N)=O)c1nc2cccc(Cl)c2c(=O)n1-c1ccccc1. The van der Waals surface area contributed by atoms with Crippen LogP contribution in [0.15, 0.2) is 65.6 Å². The number of carbonyl (C=O) groups excluding carboxylic acids is 1. The number of halogens is 1. The normalized spacial score (nSPS) is 11.9. The summed E-state index contributed by atoms with van der Waals surface area (Å²) < 4.78 is 1.50. The van der Waals surface area contributed by atoms with Gasteiger partial charge in [0.2, 0.25) is 0 Å². The summed E-state index contributed by atoms with van der Waals surface area (Å²) in [5.74, 6) is -0.00363. The van der Waals surface area contributed by atoms with Crippen LogP contribution in [0.3, 0.4) is 0 Å². The highest BCUT2D eigenvalue weighted by molar-refractivity contribution is 6.35. The number of rotatable bonds is 5. The lowest BCUT2D eigenvalue weighted by Crippen LogP contribution is -2.28. The predicted molar refractivity (Wildman–Crippen MR) is 122 cm³/mol. The standard InChI is InChI=1S/C22H19ClN6O2/c1-12(27-17-10-18(24)26-11-14(17)20(25)30)21-28-16-9-5-8-15(23)19(16)22(31)29(21)13-6-3-2-4-7-13/h2-12H,1H3,(H2,25,30)(H3,24,26,27)/t12-/m1/s1. The van der Waals surface area contributed by atoms with Crippen LogP contribution in [0.2, 0.25) is 5.02 Å². The summed E-state index contributed by atoms with van der Waals surface area (Å²) in [6.45, 7) is 1.82. The van der Waals surface area contributed by atoms with Gasteiger partial charge in [0.15, 0.2) is 0 Å². The van der Waals surface area contributed by atoms with Gasteiger partial charge in [-0.1, -0.05) is 35.9 Å². The van der Waals surface area contributed by atoms with Crippen LogP contribution >= 0.6 is 11.6 Å². The Kier molecular flexibility index (Phi) is 5.31. The molecule has 0 spiro atoms. The van der Waals surface area contributed by atoms with E-state index < -0.39 is 11.9 Å². The van der Waals surface area contributed by atoms with Crippen molar-refractivity contribution in [3.05, 3.63) is 87.6 Å². The lowest BCUT2D eigenvalue weighted by Gasteiger charge is -2.21. The molecule has 2 heterocycles. The zero-order chi connectivity index (χ0) is 22.1. The number of pyridine rings is 1. The Labute approximate surface area is 182 Å². The summed E-state index contributed by atoms with van der Waals surface area (Å²) in [6, 6.07) is 15.3. The topological polar surface area (TPSA) is 129 Å². The Morgan fingerprint density at radius 2 is 1.90 bits per heavy atom. The van der Waals surface area contributed by atoms with E-state index >= 15 is 0 Å². The molecule has 4 rings (SSSR count). The van der Waals surface area contributed by atoms with E-state index in [0.29, 0.717) is 33.1 Å². The number of nitrogens with zero attached hydrogens (tertiary/aromatic N) is 3. The average molecular weight is 435 g/mol. The Balaban J connectivity index is 1.92. The second-order valence-electron chi connectivity index (χ2n) is 6.97. The van der Waals surface area contributed by atoms with Crippen LogP contribution in [0.1, 0.15) is 29.1 Å². The van der Waals surface area contributed by atoms with Gasteiger partial charge in [0, 0.05) is 12.3 Å². The molecule has 0 unspecified atom stereocenters. The average Bonchev–Trinajstić information content (AvgIpc) is 2.74. The molecule has 0 aliphatic rings. The molecule has 1 atom stereocenters. The minimum atomic E-state index is -0.652. The second-order valence-corrected chi connectivity index (χ2v) is 7.37. The van der Waals surface area contributed by atoms with Gasteiger partial charge in [-0.2, -0.15) is 0 Å². The first kappa shape index (κ1) is 20.4. The quantitative estimate of drug-likeness (QED) is 0.442. The molecule has 2 aromatic heterocycles. The minimum Gasteiger partial charge on any atom is -0.384 e. The summed E-state index contributed by atoms with van der Waals surface area (Å²) in [6.07, 6.45) is 1.31. The number of carbonyl (C=O) groups is 1. The molecule has 0 fully saturated rings. The van der Waals surface area contributed by atoms with Crippen LogP contribution in [0.5, 0.6) is 0 Å². The number of anilines is 2. The van der Waals surface area contributed by atoms with Crippen molar-refractivity contribution in [2.24, 2.45) is 5.73 Å². The van der Waals surface area contributed by atoms with E-state index in [1.807, 2.05) is 25.1 Å². The van der Waals surface area contributed by atoms with Crippen LogP contribution < -0.4 is 22.3 Å². The number of fused-ring (bicyclic) bond motifs is 1. The minimum absolute atomic E-state index is 0.179. The molecule has 0 aliphatic carbocycles. The van der Waals surface area contributed by atoms with Gasteiger partial charge in [-0.15, -0.1) is 0 Å². The van der Waals surface area contributed by atoms with Crippen molar-refractivity contribution in [2.45, 2.75) is 13.0 Å². The molecule has 0 radical (unpaired) electrons. The summed E-state index contributed by atoms with van der Waals surface area (Å²) in [5.41, 5.74) is 12.6. The van der Waals surface area contributed by atoms with Gasteiger partial charge in [0.05, 0.1) is 38.9 Å². The van der Waals surface area contributed by atoms with Crippen molar-refractivity contribution in [3.8, 4) is 5.69 Å². The summed E-state index contributed by atoms with van der Waals surface area (Å²) in [7, 11) is 0. The largest absolute Gasteiger partial charge is 0.384 e. The smallest absolute Gasteiger partial charge is 0.267 e. The zero-order valence-corrected chi connectivity index (χ0v) is 17.3. The molecular weight excluding hydrogens is 416 g/mol. The van der Waals surface area contributed by atoms with Crippen LogP contribution in [-0.4, -0.2) is 20.4 Å². The van der Waals surface area contributed by atoms with Crippen molar-refractivity contribution >= 4 is 39.9 Å². The molecule has 0 saturated carbocycles. The highest BCUT2D eigenvalue weighted by atomic mass is 35.5. The van der Waals surface area contributed by atoms with E-state index in [2.05, 4.69) is 10.3 Å². The van der Waals surface area contributed by atoms with Crippen molar-refractivity contribution in [2.75, 3.05) is 11.1 Å². The Morgan fingerprint density at radius 3 is 2.61 bits per heavy atom. The molecule has 5 N–H and O–H groups in total.